The van der Waals surface area contributed by atoms with E-state index in [0.717, 1.165) is 12.8 Å². The number of benzene rings is 2. The van der Waals surface area contributed by atoms with Crippen molar-refractivity contribution in [2.45, 2.75) is 44.7 Å². The highest BCUT2D eigenvalue weighted by molar-refractivity contribution is 9.11. The quantitative estimate of drug-likeness (QED) is 0.448. The first-order chi connectivity index (χ1) is 14.5. The summed E-state index contributed by atoms with van der Waals surface area (Å²) in [6, 6.07) is 20.9. The number of rotatable bonds is 6. The molecule has 1 saturated heterocycles. The first-order valence-corrected chi connectivity index (χ1v) is 11.5. The van der Waals surface area contributed by atoms with E-state index in [1.807, 2.05) is 26.0 Å². The van der Waals surface area contributed by atoms with Crippen LogP contribution in [0.1, 0.15) is 37.8 Å². The maximum Gasteiger partial charge on any atom is 0.164 e. The van der Waals surface area contributed by atoms with Crippen molar-refractivity contribution < 1.29 is 9.47 Å². The number of halogens is 1. The van der Waals surface area contributed by atoms with E-state index in [9.17, 15) is 0 Å². The third-order valence-corrected chi connectivity index (χ3v) is 6.65. The molecule has 0 amide bonds. The van der Waals surface area contributed by atoms with Crippen LogP contribution in [0.3, 0.4) is 0 Å². The predicted molar refractivity (Wildman–Crippen MR) is 128 cm³/mol. The molecule has 0 radical (unpaired) electrons. The molecule has 2 aromatic carbocycles. The zero-order valence-electron chi connectivity index (χ0n) is 17.6. The molecule has 0 N–H and O–H groups in total. The van der Waals surface area contributed by atoms with Crippen LogP contribution in [-0.4, -0.2) is 18.0 Å². The summed E-state index contributed by atoms with van der Waals surface area (Å²) in [7, 11) is 0. The van der Waals surface area contributed by atoms with Crippen molar-refractivity contribution in [2.24, 2.45) is 11.8 Å². The summed E-state index contributed by atoms with van der Waals surface area (Å²) >= 11 is 3.86. The van der Waals surface area contributed by atoms with Crippen LogP contribution in [0.25, 0.3) is 12.2 Å². The van der Waals surface area contributed by atoms with Crippen molar-refractivity contribution in [1.82, 2.24) is 0 Å². The van der Waals surface area contributed by atoms with Crippen LogP contribution in [0, 0.1) is 11.8 Å². The molecule has 1 aliphatic carbocycles. The average molecular weight is 465 g/mol. The van der Waals surface area contributed by atoms with Gasteiger partial charge in [-0.3, -0.25) is 0 Å². The van der Waals surface area contributed by atoms with Gasteiger partial charge in [0.05, 0.1) is 6.10 Å². The fourth-order valence-corrected chi connectivity index (χ4v) is 5.20. The highest BCUT2D eigenvalue weighted by atomic mass is 79.9. The van der Waals surface area contributed by atoms with Gasteiger partial charge in [0.1, 0.15) is 6.10 Å². The van der Waals surface area contributed by atoms with Crippen molar-refractivity contribution >= 4 is 28.1 Å². The molecule has 4 rings (SSSR count). The molecule has 0 saturated carbocycles. The van der Waals surface area contributed by atoms with E-state index in [-0.39, 0.29) is 12.2 Å². The Morgan fingerprint density at radius 1 is 0.833 bits per heavy atom. The summed E-state index contributed by atoms with van der Waals surface area (Å²) in [5.41, 5.74) is 2.46. The maximum absolute atomic E-state index is 6.37. The number of allylic oxidation sites excluding steroid dienone is 3. The Bertz CT molecular complexity index is 914. The molecular formula is C27H29BrO2. The summed E-state index contributed by atoms with van der Waals surface area (Å²) in [5.74, 6) is 0.163. The number of fused-ring (bicyclic) bond motifs is 1. The third kappa shape index (κ3) is 5.21. The Balaban J connectivity index is 1.53. The maximum atomic E-state index is 6.37. The van der Waals surface area contributed by atoms with Crippen LogP contribution in [0.4, 0.5) is 0 Å². The summed E-state index contributed by atoms with van der Waals surface area (Å²) in [6.45, 7) is 4.02. The van der Waals surface area contributed by atoms with Gasteiger partial charge in [0.25, 0.3) is 0 Å². The zero-order chi connectivity index (χ0) is 21.0. The monoisotopic (exact) mass is 464 g/mol. The topological polar surface area (TPSA) is 18.5 Å². The van der Waals surface area contributed by atoms with Gasteiger partial charge in [0.15, 0.2) is 5.79 Å². The number of hydrogen-bond acceptors (Lipinski definition) is 2. The highest BCUT2D eigenvalue weighted by Crippen LogP contribution is 2.46. The molecular weight excluding hydrogens is 436 g/mol. The van der Waals surface area contributed by atoms with Crippen LogP contribution in [0.15, 0.2) is 83.4 Å². The van der Waals surface area contributed by atoms with Crippen molar-refractivity contribution in [3.05, 3.63) is 94.5 Å². The lowest BCUT2D eigenvalue weighted by molar-refractivity contribution is -0.148. The molecule has 30 heavy (non-hydrogen) atoms. The highest BCUT2D eigenvalue weighted by Gasteiger charge is 2.48. The lowest BCUT2D eigenvalue weighted by atomic mass is 9.76. The number of ether oxygens (including phenoxy) is 2. The molecule has 1 fully saturated rings. The van der Waals surface area contributed by atoms with Crippen LogP contribution < -0.4 is 0 Å². The first-order valence-electron chi connectivity index (χ1n) is 10.7. The van der Waals surface area contributed by atoms with Gasteiger partial charge in [-0.25, -0.2) is 0 Å². The van der Waals surface area contributed by atoms with E-state index in [2.05, 4.69) is 94.8 Å². The van der Waals surface area contributed by atoms with Gasteiger partial charge in [0, 0.05) is 0 Å². The van der Waals surface area contributed by atoms with Crippen molar-refractivity contribution in [3.8, 4) is 0 Å². The minimum Gasteiger partial charge on any atom is -0.344 e. The van der Waals surface area contributed by atoms with Gasteiger partial charge in [-0.1, -0.05) is 101 Å². The van der Waals surface area contributed by atoms with E-state index in [0.29, 0.717) is 11.8 Å². The Labute approximate surface area is 188 Å². The van der Waals surface area contributed by atoms with E-state index < -0.39 is 5.79 Å². The molecule has 2 nitrogen and oxygen atoms in total. The molecule has 1 heterocycles. The van der Waals surface area contributed by atoms with Crippen LogP contribution in [-0.2, 0) is 9.47 Å². The minimum atomic E-state index is -0.546. The van der Waals surface area contributed by atoms with Crippen LogP contribution in [0.5, 0.6) is 0 Å². The second kappa shape index (κ2) is 9.47. The normalized spacial score (nSPS) is 28.0. The smallest absolute Gasteiger partial charge is 0.164 e. The van der Waals surface area contributed by atoms with Gasteiger partial charge < -0.3 is 9.47 Å². The average Bonchev–Trinajstić information content (AvgIpc) is 3.05. The lowest BCUT2D eigenvalue weighted by Gasteiger charge is -2.36. The van der Waals surface area contributed by atoms with Gasteiger partial charge in [-0.2, -0.15) is 0 Å². The Hall–Kier alpha value is -1.94. The zero-order valence-corrected chi connectivity index (χ0v) is 19.2. The summed E-state index contributed by atoms with van der Waals surface area (Å²) in [6.07, 6.45) is 13.2. The molecule has 156 valence electrons. The van der Waals surface area contributed by atoms with Gasteiger partial charge in [-0.05, 0) is 60.2 Å². The first kappa shape index (κ1) is 21.3. The molecule has 3 heteroatoms. The van der Waals surface area contributed by atoms with E-state index >= 15 is 0 Å². The van der Waals surface area contributed by atoms with E-state index in [4.69, 9.17) is 9.47 Å². The molecule has 0 spiro atoms. The number of hydrogen-bond donors (Lipinski definition) is 0. The summed E-state index contributed by atoms with van der Waals surface area (Å²) in [5, 5.41) is 0. The Morgan fingerprint density at radius 3 is 2.00 bits per heavy atom. The van der Waals surface area contributed by atoms with E-state index in [1.165, 1.54) is 15.6 Å². The van der Waals surface area contributed by atoms with Crippen molar-refractivity contribution in [3.63, 3.8) is 0 Å². The molecule has 2 aliphatic rings. The van der Waals surface area contributed by atoms with E-state index in [1.54, 1.807) is 0 Å². The second-order valence-electron chi connectivity index (χ2n) is 8.48. The van der Waals surface area contributed by atoms with Gasteiger partial charge in [-0.15, -0.1) is 0 Å². The third-order valence-electron chi connectivity index (χ3n) is 5.80. The Morgan fingerprint density at radius 2 is 1.40 bits per heavy atom. The predicted octanol–water partition coefficient (Wildman–Crippen LogP) is 7.24. The minimum absolute atomic E-state index is 0.00106. The Kier molecular flexibility index (Phi) is 6.72. The SMILES string of the molecule is CC1(C)O[C@H]2[C@H](C/C=C/c3ccccc3)[C@H](C/C=C/c3ccccc3)C(Br)=C[C@H]2O1. The second-order valence-corrected chi connectivity index (χ2v) is 9.40. The van der Waals surface area contributed by atoms with Crippen LogP contribution in [0.2, 0.25) is 0 Å². The van der Waals surface area contributed by atoms with Crippen molar-refractivity contribution in [2.75, 3.05) is 0 Å². The molecule has 4 atom stereocenters. The molecule has 0 bridgehead atoms. The van der Waals surface area contributed by atoms with Gasteiger partial charge >= 0.3 is 0 Å². The summed E-state index contributed by atoms with van der Waals surface area (Å²) < 4.78 is 13.8. The standard InChI is InChI=1S/C27H29BrO2/c1-27(2)29-25-19-24(28)22(17-9-15-20-11-5-3-6-12-20)23(26(25)30-27)18-10-16-21-13-7-4-8-14-21/h3-16,19,22-23,25-26H,17-18H2,1-2H3/b15-9+,16-10+/t22-,23+,25+,26-/m0/s1. The van der Waals surface area contributed by atoms with Crippen molar-refractivity contribution in [1.29, 1.82) is 0 Å². The largest absolute Gasteiger partial charge is 0.344 e. The molecule has 1 aliphatic heterocycles. The summed E-state index contributed by atoms with van der Waals surface area (Å²) in [4.78, 5) is 0. The molecule has 0 unspecified atom stereocenters. The lowest BCUT2D eigenvalue weighted by Crippen LogP contribution is -2.38. The van der Waals surface area contributed by atoms with Gasteiger partial charge in [0.2, 0.25) is 0 Å². The fraction of sp³-hybridized carbons (Fsp3) is 0.333. The fourth-order valence-electron chi connectivity index (χ4n) is 4.42. The molecule has 2 aromatic rings. The van der Waals surface area contributed by atoms with Crippen LogP contribution >= 0.6 is 15.9 Å². The molecule has 0 aromatic heterocycles.